The van der Waals surface area contributed by atoms with Gasteiger partial charge in [0.05, 0.1) is 18.5 Å². The first-order valence-corrected chi connectivity index (χ1v) is 6.74. The van der Waals surface area contributed by atoms with E-state index in [1.54, 1.807) is 7.11 Å². The number of aromatic nitrogens is 5. The summed E-state index contributed by atoms with van der Waals surface area (Å²) in [4.78, 5) is 2.37. The fourth-order valence-corrected chi connectivity index (χ4v) is 2.96. The van der Waals surface area contributed by atoms with Crippen LogP contribution in [0, 0.1) is 0 Å². The Kier molecular flexibility index (Phi) is 3.54. The molecular weight excluding hydrogens is 256 g/mol. The summed E-state index contributed by atoms with van der Waals surface area (Å²) in [6, 6.07) is 0. The van der Waals surface area contributed by atoms with Gasteiger partial charge in [-0.1, -0.05) is 5.21 Å². The van der Waals surface area contributed by atoms with Gasteiger partial charge in [0.1, 0.15) is 5.69 Å². The van der Waals surface area contributed by atoms with E-state index in [4.69, 9.17) is 4.74 Å². The van der Waals surface area contributed by atoms with E-state index in [1.807, 2.05) is 29.7 Å². The summed E-state index contributed by atoms with van der Waals surface area (Å²) in [5, 5.41) is 12.6. The standard InChI is InChI=1S/C13H20N6O/c1-17-5-10(4-14-17)6-19-7-11(9-20-3)13-12(8-19)15-16-18(13)2/h4-5,11H,6-9H2,1-3H3. The molecule has 2 aromatic heterocycles. The second-order valence-corrected chi connectivity index (χ2v) is 5.39. The van der Waals surface area contributed by atoms with Gasteiger partial charge in [0.25, 0.3) is 0 Å². The summed E-state index contributed by atoms with van der Waals surface area (Å²) in [6.07, 6.45) is 3.97. The quantitative estimate of drug-likeness (QED) is 0.803. The van der Waals surface area contributed by atoms with Gasteiger partial charge in [-0.05, 0) is 0 Å². The van der Waals surface area contributed by atoms with E-state index in [0.29, 0.717) is 12.5 Å². The largest absolute Gasteiger partial charge is 0.384 e. The van der Waals surface area contributed by atoms with Crippen LogP contribution < -0.4 is 0 Å². The SMILES string of the molecule is COCC1CN(Cc2cnn(C)c2)Cc2nnn(C)c21. The molecule has 0 aromatic carbocycles. The maximum Gasteiger partial charge on any atom is 0.100 e. The number of hydrogen-bond acceptors (Lipinski definition) is 5. The molecule has 108 valence electrons. The highest BCUT2D eigenvalue weighted by molar-refractivity contribution is 5.20. The molecular formula is C13H20N6O. The molecule has 7 nitrogen and oxygen atoms in total. The Hall–Kier alpha value is -1.73. The average molecular weight is 276 g/mol. The smallest absolute Gasteiger partial charge is 0.100 e. The first-order valence-electron chi connectivity index (χ1n) is 6.74. The molecule has 3 heterocycles. The van der Waals surface area contributed by atoms with Crippen LogP contribution in [0.1, 0.15) is 22.9 Å². The van der Waals surface area contributed by atoms with Gasteiger partial charge in [-0.15, -0.1) is 5.10 Å². The predicted octanol–water partition coefficient (Wildman–Crippen LogP) is 0.294. The van der Waals surface area contributed by atoms with Crippen LogP contribution in [0.4, 0.5) is 0 Å². The van der Waals surface area contributed by atoms with Crippen molar-refractivity contribution in [3.63, 3.8) is 0 Å². The van der Waals surface area contributed by atoms with Gasteiger partial charge in [-0.25, -0.2) is 0 Å². The molecule has 0 saturated carbocycles. The summed E-state index contributed by atoms with van der Waals surface area (Å²) in [5.74, 6) is 0.320. The summed E-state index contributed by atoms with van der Waals surface area (Å²) >= 11 is 0. The van der Waals surface area contributed by atoms with Crippen molar-refractivity contribution in [1.82, 2.24) is 29.7 Å². The van der Waals surface area contributed by atoms with Gasteiger partial charge in [-0.2, -0.15) is 5.10 Å². The highest BCUT2D eigenvalue weighted by Crippen LogP contribution is 2.27. The van der Waals surface area contributed by atoms with E-state index in [0.717, 1.165) is 25.3 Å². The third kappa shape index (κ3) is 2.46. The fourth-order valence-electron chi connectivity index (χ4n) is 2.96. The molecule has 20 heavy (non-hydrogen) atoms. The molecule has 2 aromatic rings. The summed E-state index contributed by atoms with van der Waals surface area (Å²) in [5.41, 5.74) is 3.48. The van der Waals surface area contributed by atoms with Crippen molar-refractivity contribution in [2.45, 2.75) is 19.0 Å². The number of rotatable bonds is 4. The third-order valence-corrected chi connectivity index (χ3v) is 3.71. The number of fused-ring (bicyclic) bond motifs is 1. The van der Waals surface area contributed by atoms with E-state index in [-0.39, 0.29) is 0 Å². The Morgan fingerprint density at radius 1 is 1.40 bits per heavy atom. The van der Waals surface area contributed by atoms with E-state index in [1.165, 1.54) is 11.3 Å². The highest BCUT2D eigenvalue weighted by Gasteiger charge is 2.29. The maximum atomic E-state index is 5.35. The van der Waals surface area contributed by atoms with Crippen molar-refractivity contribution in [1.29, 1.82) is 0 Å². The van der Waals surface area contributed by atoms with Gasteiger partial charge in [0, 0.05) is 58.5 Å². The Morgan fingerprint density at radius 2 is 2.25 bits per heavy atom. The molecule has 1 atom stereocenters. The summed E-state index contributed by atoms with van der Waals surface area (Å²) < 4.78 is 9.06. The van der Waals surface area contributed by atoms with Gasteiger partial charge in [-0.3, -0.25) is 14.3 Å². The fraction of sp³-hybridized carbons (Fsp3) is 0.615. The van der Waals surface area contributed by atoms with E-state index < -0.39 is 0 Å². The van der Waals surface area contributed by atoms with Gasteiger partial charge in [0.2, 0.25) is 0 Å². The number of nitrogens with zero attached hydrogens (tertiary/aromatic N) is 6. The van der Waals surface area contributed by atoms with Crippen molar-refractivity contribution in [3.05, 3.63) is 29.3 Å². The van der Waals surface area contributed by atoms with E-state index in [9.17, 15) is 0 Å². The van der Waals surface area contributed by atoms with Crippen molar-refractivity contribution < 1.29 is 4.74 Å². The lowest BCUT2D eigenvalue weighted by molar-refractivity contribution is 0.132. The van der Waals surface area contributed by atoms with Crippen LogP contribution in [0.3, 0.4) is 0 Å². The molecule has 0 amide bonds. The lowest BCUT2D eigenvalue weighted by Gasteiger charge is -2.31. The first-order chi connectivity index (χ1) is 9.67. The molecule has 3 rings (SSSR count). The molecule has 0 radical (unpaired) electrons. The molecule has 0 fully saturated rings. The zero-order valence-corrected chi connectivity index (χ0v) is 12.2. The van der Waals surface area contributed by atoms with Crippen LogP contribution in [0.2, 0.25) is 0 Å². The van der Waals surface area contributed by atoms with E-state index >= 15 is 0 Å². The zero-order valence-electron chi connectivity index (χ0n) is 12.2. The van der Waals surface area contributed by atoms with Crippen LogP contribution in [0.15, 0.2) is 12.4 Å². The van der Waals surface area contributed by atoms with Crippen LogP contribution in [0.5, 0.6) is 0 Å². The number of aryl methyl sites for hydroxylation is 2. The van der Waals surface area contributed by atoms with Crippen LogP contribution in [-0.2, 0) is 31.9 Å². The monoisotopic (exact) mass is 276 g/mol. The van der Waals surface area contributed by atoms with E-state index in [2.05, 4.69) is 26.5 Å². The second kappa shape index (κ2) is 5.34. The van der Waals surface area contributed by atoms with Gasteiger partial charge in [0.15, 0.2) is 0 Å². The topological polar surface area (TPSA) is 61.0 Å². The second-order valence-electron chi connectivity index (χ2n) is 5.39. The zero-order chi connectivity index (χ0) is 14.1. The third-order valence-electron chi connectivity index (χ3n) is 3.71. The summed E-state index contributed by atoms with van der Waals surface area (Å²) in [7, 11) is 5.63. The highest BCUT2D eigenvalue weighted by atomic mass is 16.5. The van der Waals surface area contributed by atoms with Crippen molar-refractivity contribution in [3.8, 4) is 0 Å². The van der Waals surface area contributed by atoms with Gasteiger partial charge < -0.3 is 4.74 Å². The molecule has 1 unspecified atom stereocenters. The van der Waals surface area contributed by atoms with Gasteiger partial charge >= 0.3 is 0 Å². The lowest BCUT2D eigenvalue weighted by atomic mass is 9.98. The maximum absolute atomic E-state index is 5.35. The Balaban J connectivity index is 1.79. The Labute approximate surface area is 118 Å². The van der Waals surface area contributed by atoms with Crippen LogP contribution in [0.25, 0.3) is 0 Å². The lowest BCUT2D eigenvalue weighted by Crippen LogP contribution is -2.35. The first kappa shape index (κ1) is 13.3. The van der Waals surface area contributed by atoms with Crippen LogP contribution in [-0.4, -0.2) is 49.9 Å². The average Bonchev–Trinajstić information content (AvgIpc) is 2.97. The minimum absolute atomic E-state index is 0.320. The molecule has 0 bridgehead atoms. The molecule has 0 saturated heterocycles. The molecule has 7 heteroatoms. The summed E-state index contributed by atoms with van der Waals surface area (Å²) in [6.45, 7) is 3.36. The normalized spacial score (nSPS) is 19.2. The number of ether oxygens (including phenoxy) is 1. The predicted molar refractivity (Wildman–Crippen MR) is 72.9 cm³/mol. The molecule has 0 aliphatic carbocycles. The Bertz CT molecular complexity index is 589. The molecule has 1 aliphatic heterocycles. The molecule has 1 aliphatic rings. The van der Waals surface area contributed by atoms with Crippen molar-refractivity contribution >= 4 is 0 Å². The Morgan fingerprint density at radius 3 is 2.95 bits per heavy atom. The van der Waals surface area contributed by atoms with Crippen molar-refractivity contribution in [2.24, 2.45) is 14.1 Å². The van der Waals surface area contributed by atoms with Crippen molar-refractivity contribution in [2.75, 3.05) is 20.3 Å². The molecule has 0 spiro atoms. The molecule has 0 N–H and O–H groups in total. The minimum Gasteiger partial charge on any atom is -0.384 e. The minimum atomic E-state index is 0.320. The number of methoxy groups -OCH3 is 1. The number of hydrogen-bond donors (Lipinski definition) is 0. The van der Waals surface area contributed by atoms with Crippen LogP contribution >= 0.6 is 0 Å².